The molecule has 0 unspecified atom stereocenters. The van der Waals surface area contributed by atoms with Crippen molar-refractivity contribution in [3.63, 3.8) is 0 Å². The van der Waals surface area contributed by atoms with Gasteiger partial charge in [0, 0.05) is 4.75 Å². The van der Waals surface area contributed by atoms with E-state index in [-0.39, 0.29) is 0 Å². The minimum Gasteiger partial charge on any atom is -0.158 e. The smallest absolute Gasteiger partial charge is 0.0241 e. The first-order chi connectivity index (χ1) is 5.56. The first-order valence-electron chi connectivity index (χ1n) is 5.11. The van der Waals surface area contributed by atoms with Crippen LogP contribution in [0.5, 0.6) is 0 Å². The van der Waals surface area contributed by atoms with Crippen molar-refractivity contribution in [2.45, 2.75) is 53.2 Å². The van der Waals surface area contributed by atoms with Gasteiger partial charge >= 0.3 is 0 Å². The van der Waals surface area contributed by atoms with Crippen LogP contribution in [0.4, 0.5) is 0 Å². The Morgan fingerprint density at radius 1 is 0.615 bits per heavy atom. The second-order valence-corrected chi connectivity index (χ2v) is 7.34. The fourth-order valence-corrected chi connectivity index (χ4v) is 4.73. The van der Waals surface area contributed by atoms with Crippen LogP contribution in [0.25, 0.3) is 0 Å². The van der Waals surface area contributed by atoms with Gasteiger partial charge in [-0.1, -0.05) is 41.5 Å². The molecule has 0 atom stereocenters. The van der Waals surface area contributed by atoms with E-state index in [0.717, 1.165) is 0 Å². The van der Waals surface area contributed by atoms with Gasteiger partial charge in [-0.05, 0) is 29.4 Å². The molecule has 0 aromatic rings. The van der Waals surface area contributed by atoms with Crippen molar-refractivity contribution >= 4 is 11.8 Å². The molecule has 0 nitrogen and oxygen atoms in total. The molecule has 1 saturated carbocycles. The summed E-state index contributed by atoms with van der Waals surface area (Å²) in [6.45, 7) is 16.9. The number of hydrogen-bond acceptors (Lipinski definition) is 1. The van der Waals surface area contributed by atoms with Gasteiger partial charge in [-0.15, -0.1) is 0 Å². The summed E-state index contributed by atoms with van der Waals surface area (Å²) >= 11 is 2.03. The second-order valence-electron chi connectivity index (χ2n) is 6.11. The van der Waals surface area contributed by atoms with Crippen molar-refractivity contribution < 1.29 is 0 Å². The molecule has 0 heterocycles. The van der Waals surface area contributed by atoms with Crippen LogP contribution in [0.15, 0.2) is 0 Å². The van der Waals surface area contributed by atoms with E-state index in [0.29, 0.717) is 21.0 Å². The third-order valence-electron chi connectivity index (χ3n) is 5.92. The lowest BCUT2D eigenvalue weighted by molar-refractivity contribution is -0.193. The lowest BCUT2D eigenvalue weighted by Crippen LogP contribution is -2.74. The van der Waals surface area contributed by atoms with Crippen LogP contribution in [-0.4, -0.2) is 11.0 Å². The Hall–Kier alpha value is 0.350. The monoisotopic (exact) mass is 200 g/mol. The average Bonchev–Trinajstić information content (AvgIpc) is 2.00. The van der Waals surface area contributed by atoms with E-state index in [4.69, 9.17) is 0 Å². The Kier molecular flexibility index (Phi) is 2.18. The summed E-state index contributed by atoms with van der Waals surface area (Å²) in [5.74, 6) is 0. The lowest BCUT2D eigenvalue weighted by atomic mass is 9.34. The van der Waals surface area contributed by atoms with Gasteiger partial charge < -0.3 is 0 Å². The van der Waals surface area contributed by atoms with Crippen LogP contribution >= 0.6 is 11.8 Å². The SMILES string of the molecule is CSC1(C)C(C)(C)C(C)(C)C1(C)C. The molecule has 78 valence electrons. The zero-order chi connectivity index (χ0) is 10.7. The Labute approximate surface area is 87.9 Å². The zero-order valence-electron chi connectivity index (χ0n) is 10.4. The van der Waals surface area contributed by atoms with E-state index in [2.05, 4.69) is 54.7 Å². The van der Waals surface area contributed by atoms with E-state index in [9.17, 15) is 0 Å². The molecular weight excluding hydrogens is 176 g/mol. The van der Waals surface area contributed by atoms with Crippen LogP contribution in [0.3, 0.4) is 0 Å². The van der Waals surface area contributed by atoms with Crippen LogP contribution in [-0.2, 0) is 0 Å². The van der Waals surface area contributed by atoms with Crippen molar-refractivity contribution in [1.29, 1.82) is 0 Å². The third kappa shape index (κ3) is 0.854. The molecular formula is C12H24S. The van der Waals surface area contributed by atoms with Gasteiger partial charge in [0.05, 0.1) is 0 Å². The molecule has 0 N–H and O–H groups in total. The highest BCUT2D eigenvalue weighted by molar-refractivity contribution is 8.00. The Balaban J connectivity index is 3.18. The van der Waals surface area contributed by atoms with Gasteiger partial charge in [-0.3, -0.25) is 0 Å². The van der Waals surface area contributed by atoms with E-state index in [1.54, 1.807) is 0 Å². The van der Waals surface area contributed by atoms with Crippen molar-refractivity contribution in [2.24, 2.45) is 16.2 Å². The Morgan fingerprint density at radius 3 is 1.08 bits per heavy atom. The van der Waals surface area contributed by atoms with E-state index in [1.807, 2.05) is 11.8 Å². The van der Waals surface area contributed by atoms with Gasteiger partial charge in [0.2, 0.25) is 0 Å². The highest BCUT2D eigenvalue weighted by Crippen LogP contribution is 2.77. The molecule has 0 aliphatic heterocycles. The standard InChI is InChI=1S/C12H24S/c1-9(2)10(3,4)12(7,13-8)11(9,5)6/h1-8H3. The van der Waals surface area contributed by atoms with Gasteiger partial charge in [0.25, 0.3) is 0 Å². The quantitative estimate of drug-likeness (QED) is 0.611. The first-order valence-corrected chi connectivity index (χ1v) is 6.34. The second kappa shape index (κ2) is 2.48. The topological polar surface area (TPSA) is 0 Å². The minimum absolute atomic E-state index is 0.406. The summed E-state index contributed by atoms with van der Waals surface area (Å²) in [6, 6.07) is 0. The van der Waals surface area contributed by atoms with E-state index in [1.165, 1.54) is 0 Å². The normalized spacial score (nSPS) is 32.3. The highest BCUT2D eigenvalue weighted by atomic mass is 32.2. The van der Waals surface area contributed by atoms with Crippen LogP contribution in [0.1, 0.15) is 48.5 Å². The molecule has 0 aromatic carbocycles. The molecule has 0 amide bonds. The molecule has 0 radical (unpaired) electrons. The molecule has 0 bridgehead atoms. The van der Waals surface area contributed by atoms with Gasteiger partial charge in [-0.25, -0.2) is 0 Å². The predicted octanol–water partition coefficient (Wildman–Crippen LogP) is 4.20. The maximum absolute atomic E-state index is 2.42. The maximum atomic E-state index is 2.42. The molecule has 1 fully saturated rings. The Morgan fingerprint density at radius 2 is 0.923 bits per heavy atom. The maximum Gasteiger partial charge on any atom is 0.0241 e. The van der Waals surface area contributed by atoms with Crippen LogP contribution in [0, 0.1) is 16.2 Å². The molecule has 0 spiro atoms. The summed E-state index contributed by atoms with van der Waals surface area (Å²) in [6.07, 6.45) is 2.25. The van der Waals surface area contributed by atoms with Gasteiger partial charge in [-0.2, -0.15) is 11.8 Å². The summed E-state index contributed by atoms with van der Waals surface area (Å²) in [4.78, 5) is 0. The minimum atomic E-state index is 0.406. The fourth-order valence-electron chi connectivity index (χ4n) is 3.20. The van der Waals surface area contributed by atoms with Crippen molar-refractivity contribution in [3.05, 3.63) is 0 Å². The number of rotatable bonds is 1. The van der Waals surface area contributed by atoms with Crippen molar-refractivity contribution in [1.82, 2.24) is 0 Å². The van der Waals surface area contributed by atoms with E-state index >= 15 is 0 Å². The summed E-state index contributed by atoms with van der Waals surface area (Å²) < 4.78 is 0.406. The fraction of sp³-hybridized carbons (Fsp3) is 1.00. The predicted molar refractivity (Wildman–Crippen MR) is 63.3 cm³/mol. The molecule has 1 aliphatic carbocycles. The lowest BCUT2D eigenvalue weighted by Gasteiger charge is -2.76. The third-order valence-corrected chi connectivity index (χ3v) is 7.76. The molecule has 1 heteroatoms. The largest absolute Gasteiger partial charge is 0.158 e. The van der Waals surface area contributed by atoms with Gasteiger partial charge in [0.15, 0.2) is 0 Å². The van der Waals surface area contributed by atoms with Crippen LogP contribution in [0.2, 0.25) is 0 Å². The number of thioether (sulfide) groups is 1. The Bertz CT molecular complexity index is 205. The average molecular weight is 200 g/mol. The molecule has 1 rings (SSSR count). The zero-order valence-corrected chi connectivity index (χ0v) is 11.2. The van der Waals surface area contributed by atoms with E-state index < -0.39 is 0 Å². The first kappa shape index (κ1) is 11.4. The summed E-state index contributed by atoms with van der Waals surface area (Å²) in [7, 11) is 0. The molecule has 0 aromatic heterocycles. The molecule has 13 heavy (non-hydrogen) atoms. The van der Waals surface area contributed by atoms with Crippen molar-refractivity contribution in [3.8, 4) is 0 Å². The highest BCUT2D eigenvalue weighted by Gasteiger charge is 2.73. The van der Waals surface area contributed by atoms with Crippen LogP contribution < -0.4 is 0 Å². The summed E-state index contributed by atoms with van der Waals surface area (Å²) in [5.41, 5.74) is 1.27. The molecule has 1 aliphatic rings. The molecule has 0 saturated heterocycles. The van der Waals surface area contributed by atoms with Crippen molar-refractivity contribution in [2.75, 3.05) is 6.26 Å². The summed E-state index contributed by atoms with van der Waals surface area (Å²) in [5, 5.41) is 0. The van der Waals surface area contributed by atoms with Gasteiger partial charge in [0.1, 0.15) is 0 Å². The number of hydrogen-bond donors (Lipinski definition) is 0.